The summed E-state index contributed by atoms with van der Waals surface area (Å²) in [6.45, 7) is 5.86. The van der Waals surface area contributed by atoms with Crippen LogP contribution in [0, 0.1) is 6.92 Å². The van der Waals surface area contributed by atoms with Gasteiger partial charge in [0.1, 0.15) is 17.4 Å². The topological polar surface area (TPSA) is 83.3 Å². The summed E-state index contributed by atoms with van der Waals surface area (Å²) in [5.74, 6) is 1.39. The molecule has 2 heterocycles. The normalized spacial score (nSPS) is 12.3. The number of carbonyl (C=O) groups excluding carboxylic acids is 1. The van der Waals surface area contributed by atoms with Gasteiger partial charge in [-0.1, -0.05) is 0 Å². The minimum absolute atomic E-state index is 0.0387. The highest BCUT2D eigenvalue weighted by Gasteiger charge is 2.22. The maximum atomic E-state index is 11.8. The molecule has 0 radical (unpaired) electrons. The van der Waals surface area contributed by atoms with Crippen LogP contribution in [-0.2, 0) is 11.2 Å². The van der Waals surface area contributed by atoms with Gasteiger partial charge in [0.15, 0.2) is 5.69 Å². The van der Waals surface area contributed by atoms with Gasteiger partial charge in [-0.3, -0.25) is 0 Å². The molecule has 2 aromatic heterocycles. The standard InChI is InChI=1S/C14H19N3O3/c1-4-19-14(18)12-13(15)17(10(3)16-12)9(2)8-11-6-5-7-20-11/h5-7,9H,4,8,15H2,1-3H3. The average Bonchev–Trinajstić information content (AvgIpc) is 2.98. The van der Waals surface area contributed by atoms with Crippen molar-refractivity contribution >= 4 is 11.8 Å². The lowest BCUT2D eigenvalue weighted by Gasteiger charge is -2.15. The molecular formula is C14H19N3O3. The van der Waals surface area contributed by atoms with Crippen LogP contribution in [0.5, 0.6) is 0 Å². The molecule has 2 N–H and O–H groups in total. The fourth-order valence-corrected chi connectivity index (χ4v) is 2.28. The van der Waals surface area contributed by atoms with Crippen molar-refractivity contribution in [3.63, 3.8) is 0 Å². The van der Waals surface area contributed by atoms with E-state index < -0.39 is 5.97 Å². The third-order valence-corrected chi connectivity index (χ3v) is 3.11. The number of aryl methyl sites for hydroxylation is 1. The van der Waals surface area contributed by atoms with Crippen molar-refractivity contribution in [2.75, 3.05) is 12.3 Å². The quantitative estimate of drug-likeness (QED) is 0.848. The number of ether oxygens (including phenoxy) is 1. The molecule has 108 valence electrons. The van der Waals surface area contributed by atoms with E-state index in [4.69, 9.17) is 14.9 Å². The average molecular weight is 277 g/mol. The van der Waals surface area contributed by atoms with Crippen LogP contribution >= 0.6 is 0 Å². The van der Waals surface area contributed by atoms with Crippen molar-refractivity contribution < 1.29 is 13.9 Å². The third kappa shape index (κ3) is 2.68. The van der Waals surface area contributed by atoms with Crippen LogP contribution in [0.15, 0.2) is 22.8 Å². The van der Waals surface area contributed by atoms with E-state index in [1.807, 2.05) is 30.5 Å². The molecule has 0 aromatic carbocycles. The molecule has 20 heavy (non-hydrogen) atoms. The Morgan fingerprint density at radius 3 is 2.95 bits per heavy atom. The maximum absolute atomic E-state index is 11.8. The van der Waals surface area contributed by atoms with Crippen molar-refractivity contribution in [3.8, 4) is 0 Å². The SMILES string of the molecule is CCOC(=O)c1nc(C)n(C(C)Cc2ccco2)c1N. The first-order valence-electron chi connectivity index (χ1n) is 6.58. The van der Waals surface area contributed by atoms with Crippen LogP contribution in [0.1, 0.15) is 42.0 Å². The summed E-state index contributed by atoms with van der Waals surface area (Å²) >= 11 is 0. The minimum atomic E-state index is -0.489. The molecule has 1 unspecified atom stereocenters. The van der Waals surface area contributed by atoms with Crippen molar-refractivity contribution in [3.05, 3.63) is 35.7 Å². The fraction of sp³-hybridized carbons (Fsp3) is 0.429. The predicted octanol–water partition coefficient (Wildman–Crippen LogP) is 2.35. The molecule has 0 spiro atoms. The number of hydrogen-bond acceptors (Lipinski definition) is 5. The zero-order valence-corrected chi connectivity index (χ0v) is 11.9. The number of aromatic nitrogens is 2. The predicted molar refractivity (Wildman–Crippen MR) is 74.5 cm³/mol. The molecule has 0 aliphatic rings. The molecule has 0 aliphatic heterocycles. The molecule has 6 nitrogen and oxygen atoms in total. The Hall–Kier alpha value is -2.24. The molecule has 0 saturated heterocycles. The Labute approximate surface area is 117 Å². The number of nitrogens with zero attached hydrogens (tertiary/aromatic N) is 2. The number of hydrogen-bond donors (Lipinski definition) is 1. The number of nitrogens with two attached hydrogens (primary N) is 1. The second kappa shape index (κ2) is 5.81. The van der Waals surface area contributed by atoms with Gasteiger partial charge < -0.3 is 19.5 Å². The zero-order valence-electron chi connectivity index (χ0n) is 11.9. The molecule has 0 aliphatic carbocycles. The summed E-state index contributed by atoms with van der Waals surface area (Å²) in [5.41, 5.74) is 6.21. The molecule has 1 atom stereocenters. The lowest BCUT2D eigenvalue weighted by atomic mass is 10.2. The van der Waals surface area contributed by atoms with Gasteiger partial charge in [-0.05, 0) is 32.9 Å². The second-order valence-corrected chi connectivity index (χ2v) is 4.62. The van der Waals surface area contributed by atoms with Gasteiger partial charge in [0.2, 0.25) is 0 Å². The summed E-state index contributed by atoms with van der Waals surface area (Å²) in [4.78, 5) is 16.0. The molecule has 0 saturated carbocycles. The summed E-state index contributed by atoms with van der Waals surface area (Å²) in [6, 6.07) is 3.79. The first kappa shape index (κ1) is 14.2. The fourth-order valence-electron chi connectivity index (χ4n) is 2.28. The molecule has 0 amide bonds. The Kier molecular flexibility index (Phi) is 4.12. The lowest BCUT2D eigenvalue weighted by Crippen LogP contribution is -2.14. The van der Waals surface area contributed by atoms with Crippen LogP contribution in [0.2, 0.25) is 0 Å². The van der Waals surface area contributed by atoms with E-state index in [2.05, 4.69) is 4.98 Å². The number of anilines is 1. The van der Waals surface area contributed by atoms with Crippen LogP contribution in [0.4, 0.5) is 5.82 Å². The largest absolute Gasteiger partial charge is 0.469 e. The van der Waals surface area contributed by atoms with Crippen LogP contribution in [0.25, 0.3) is 0 Å². The monoisotopic (exact) mass is 277 g/mol. The lowest BCUT2D eigenvalue weighted by molar-refractivity contribution is 0.0521. The number of carbonyl (C=O) groups is 1. The van der Waals surface area contributed by atoms with Crippen molar-refractivity contribution in [1.29, 1.82) is 0 Å². The van der Waals surface area contributed by atoms with E-state index in [1.54, 1.807) is 13.2 Å². The highest BCUT2D eigenvalue weighted by Crippen LogP contribution is 2.23. The van der Waals surface area contributed by atoms with Crippen molar-refractivity contribution in [2.24, 2.45) is 0 Å². The number of furan rings is 1. The van der Waals surface area contributed by atoms with Gasteiger partial charge in [0.25, 0.3) is 0 Å². The Morgan fingerprint density at radius 1 is 1.60 bits per heavy atom. The van der Waals surface area contributed by atoms with Crippen molar-refractivity contribution in [2.45, 2.75) is 33.2 Å². The highest BCUT2D eigenvalue weighted by molar-refractivity contribution is 5.92. The van der Waals surface area contributed by atoms with E-state index in [-0.39, 0.29) is 11.7 Å². The Bertz CT molecular complexity index is 587. The van der Waals surface area contributed by atoms with E-state index in [0.717, 1.165) is 5.76 Å². The van der Waals surface area contributed by atoms with Gasteiger partial charge in [-0.15, -0.1) is 0 Å². The number of nitrogen functional groups attached to an aromatic ring is 1. The minimum Gasteiger partial charge on any atom is -0.469 e. The number of rotatable bonds is 5. The van der Waals surface area contributed by atoms with E-state index in [0.29, 0.717) is 24.7 Å². The molecule has 0 bridgehead atoms. The Balaban J connectivity index is 2.25. The smallest absolute Gasteiger partial charge is 0.360 e. The van der Waals surface area contributed by atoms with Gasteiger partial charge in [-0.25, -0.2) is 9.78 Å². The number of imidazole rings is 1. The first-order chi connectivity index (χ1) is 9.54. The third-order valence-electron chi connectivity index (χ3n) is 3.11. The summed E-state index contributed by atoms with van der Waals surface area (Å²) in [6.07, 6.45) is 2.31. The zero-order chi connectivity index (χ0) is 14.7. The maximum Gasteiger partial charge on any atom is 0.360 e. The number of esters is 1. The highest BCUT2D eigenvalue weighted by atomic mass is 16.5. The molecule has 6 heteroatoms. The molecular weight excluding hydrogens is 258 g/mol. The summed E-state index contributed by atoms with van der Waals surface area (Å²) in [7, 11) is 0. The van der Waals surface area contributed by atoms with Crippen molar-refractivity contribution in [1.82, 2.24) is 9.55 Å². The van der Waals surface area contributed by atoms with Gasteiger partial charge in [0.05, 0.1) is 12.9 Å². The molecule has 2 aromatic rings. The van der Waals surface area contributed by atoms with Gasteiger partial charge >= 0.3 is 5.97 Å². The van der Waals surface area contributed by atoms with Crippen LogP contribution in [-0.4, -0.2) is 22.1 Å². The first-order valence-corrected chi connectivity index (χ1v) is 6.58. The van der Waals surface area contributed by atoms with Gasteiger partial charge in [0, 0.05) is 12.5 Å². The van der Waals surface area contributed by atoms with E-state index >= 15 is 0 Å². The van der Waals surface area contributed by atoms with Crippen LogP contribution in [0.3, 0.4) is 0 Å². The van der Waals surface area contributed by atoms with E-state index in [1.165, 1.54) is 0 Å². The van der Waals surface area contributed by atoms with E-state index in [9.17, 15) is 4.79 Å². The van der Waals surface area contributed by atoms with Crippen LogP contribution < -0.4 is 5.73 Å². The summed E-state index contributed by atoms with van der Waals surface area (Å²) < 4.78 is 12.1. The summed E-state index contributed by atoms with van der Waals surface area (Å²) in [5, 5.41) is 0. The van der Waals surface area contributed by atoms with Gasteiger partial charge in [-0.2, -0.15) is 0 Å². The molecule has 2 rings (SSSR count). The molecule has 0 fully saturated rings. The Morgan fingerprint density at radius 2 is 2.35 bits per heavy atom. The second-order valence-electron chi connectivity index (χ2n) is 4.62.